The summed E-state index contributed by atoms with van der Waals surface area (Å²) >= 11 is 0. The molecule has 5 heteroatoms. The van der Waals surface area contributed by atoms with Crippen molar-refractivity contribution < 1.29 is 14.4 Å². The van der Waals surface area contributed by atoms with Crippen LogP contribution in [0.25, 0.3) is 0 Å². The number of benzene rings is 1. The largest absolute Gasteiger partial charge is 0.384 e. The highest BCUT2D eigenvalue weighted by molar-refractivity contribution is 6.02. The summed E-state index contributed by atoms with van der Waals surface area (Å²) in [5, 5.41) is 14.8. The van der Waals surface area contributed by atoms with Gasteiger partial charge in [0.05, 0.1) is 0 Å². The smallest absolute Gasteiger partial charge is 0.277 e. The van der Waals surface area contributed by atoms with Gasteiger partial charge in [-0.2, -0.15) is 0 Å². The molecule has 90 valence electrons. The number of nitrogens with zero attached hydrogens (tertiary/aromatic N) is 1. The Labute approximate surface area is 103 Å². The van der Waals surface area contributed by atoms with Crippen molar-refractivity contribution in [1.82, 2.24) is 5.16 Å². The molecular formula is C13H10N2O3. The second-order valence-electron chi connectivity index (χ2n) is 3.38. The molecule has 0 bridgehead atoms. The van der Waals surface area contributed by atoms with E-state index in [1.807, 2.05) is 0 Å². The van der Waals surface area contributed by atoms with Gasteiger partial charge < -0.3 is 14.9 Å². The first-order valence-corrected chi connectivity index (χ1v) is 5.21. The molecule has 0 unspecified atom stereocenters. The van der Waals surface area contributed by atoms with E-state index >= 15 is 0 Å². The van der Waals surface area contributed by atoms with Gasteiger partial charge in [-0.05, 0) is 18.2 Å². The second-order valence-corrected chi connectivity index (χ2v) is 3.38. The van der Waals surface area contributed by atoms with Gasteiger partial charge in [-0.1, -0.05) is 23.1 Å². The third-order valence-electron chi connectivity index (χ3n) is 2.10. The minimum Gasteiger partial charge on any atom is -0.384 e. The Morgan fingerprint density at radius 2 is 2.33 bits per heavy atom. The fraction of sp³-hybridized carbons (Fsp3) is 0.0769. The van der Waals surface area contributed by atoms with Gasteiger partial charge in [0.1, 0.15) is 12.9 Å². The van der Waals surface area contributed by atoms with Gasteiger partial charge in [0.2, 0.25) is 0 Å². The molecule has 0 aliphatic rings. The fourth-order valence-electron chi connectivity index (χ4n) is 1.34. The SMILES string of the molecule is O=C(Nc1cccc(C#CCO)c1)c1ccon1. The Balaban J connectivity index is 2.12. The summed E-state index contributed by atoms with van der Waals surface area (Å²) in [6, 6.07) is 8.47. The molecular weight excluding hydrogens is 232 g/mol. The molecule has 0 saturated carbocycles. The first kappa shape index (κ1) is 11.9. The van der Waals surface area contributed by atoms with Crippen molar-refractivity contribution >= 4 is 11.6 Å². The summed E-state index contributed by atoms with van der Waals surface area (Å²) in [6.45, 7) is -0.199. The number of aliphatic hydroxyl groups excluding tert-OH is 1. The maximum atomic E-state index is 11.7. The monoisotopic (exact) mass is 242 g/mol. The number of carbonyl (C=O) groups excluding carboxylic acids is 1. The topological polar surface area (TPSA) is 75.4 Å². The Hall–Kier alpha value is -2.58. The first-order chi connectivity index (χ1) is 8.79. The Bertz CT molecular complexity index is 594. The predicted molar refractivity (Wildman–Crippen MR) is 64.9 cm³/mol. The van der Waals surface area contributed by atoms with Gasteiger partial charge in [-0.15, -0.1) is 0 Å². The summed E-state index contributed by atoms with van der Waals surface area (Å²) in [7, 11) is 0. The molecule has 0 aliphatic heterocycles. The lowest BCUT2D eigenvalue weighted by atomic mass is 10.2. The van der Waals surface area contributed by atoms with Gasteiger partial charge in [-0.3, -0.25) is 4.79 Å². The van der Waals surface area contributed by atoms with Crippen LogP contribution in [-0.2, 0) is 0 Å². The predicted octanol–water partition coefficient (Wildman–Crippen LogP) is 1.27. The Kier molecular flexibility index (Phi) is 3.74. The number of hydrogen-bond donors (Lipinski definition) is 2. The lowest BCUT2D eigenvalue weighted by Crippen LogP contribution is -2.12. The molecule has 1 heterocycles. The van der Waals surface area contributed by atoms with E-state index in [0.29, 0.717) is 11.3 Å². The standard InChI is InChI=1S/C13H10N2O3/c16-7-2-4-10-3-1-5-11(9-10)14-13(17)12-6-8-18-15-12/h1,3,5-6,8-9,16H,7H2,(H,14,17). The molecule has 2 aromatic rings. The number of anilines is 1. The molecule has 0 atom stereocenters. The highest BCUT2D eigenvalue weighted by Gasteiger charge is 2.08. The van der Waals surface area contributed by atoms with E-state index < -0.39 is 0 Å². The van der Waals surface area contributed by atoms with Crippen LogP contribution in [0.3, 0.4) is 0 Å². The number of aromatic nitrogens is 1. The summed E-state index contributed by atoms with van der Waals surface area (Å²) in [4.78, 5) is 11.7. The molecule has 18 heavy (non-hydrogen) atoms. The van der Waals surface area contributed by atoms with E-state index in [4.69, 9.17) is 5.11 Å². The number of carbonyl (C=O) groups is 1. The molecule has 0 saturated heterocycles. The van der Waals surface area contributed by atoms with Crippen LogP contribution in [-0.4, -0.2) is 22.8 Å². The number of hydrogen-bond acceptors (Lipinski definition) is 4. The lowest BCUT2D eigenvalue weighted by molar-refractivity contribution is 0.101. The van der Waals surface area contributed by atoms with Crippen molar-refractivity contribution in [3.63, 3.8) is 0 Å². The number of rotatable bonds is 2. The average molecular weight is 242 g/mol. The molecule has 1 aromatic carbocycles. The van der Waals surface area contributed by atoms with E-state index in [1.165, 1.54) is 12.3 Å². The van der Waals surface area contributed by atoms with Crippen molar-refractivity contribution in [1.29, 1.82) is 0 Å². The van der Waals surface area contributed by atoms with Crippen molar-refractivity contribution in [3.8, 4) is 11.8 Å². The Morgan fingerprint density at radius 3 is 3.06 bits per heavy atom. The highest BCUT2D eigenvalue weighted by Crippen LogP contribution is 2.11. The zero-order chi connectivity index (χ0) is 12.8. The van der Waals surface area contributed by atoms with Gasteiger partial charge in [0.15, 0.2) is 5.69 Å². The second kappa shape index (κ2) is 5.66. The third kappa shape index (κ3) is 2.97. The highest BCUT2D eigenvalue weighted by atomic mass is 16.5. The minimum atomic E-state index is -0.351. The van der Waals surface area contributed by atoms with Crippen LogP contribution in [0.5, 0.6) is 0 Å². The van der Waals surface area contributed by atoms with E-state index in [-0.39, 0.29) is 18.2 Å². The molecule has 0 spiro atoms. The van der Waals surface area contributed by atoms with Crippen LogP contribution in [0.1, 0.15) is 16.1 Å². The van der Waals surface area contributed by atoms with E-state index in [9.17, 15) is 4.79 Å². The van der Waals surface area contributed by atoms with Crippen LogP contribution in [0.15, 0.2) is 41.1 Å². The maximum absolute atomic E-state index is 11.7. The van der Waals surface area contributed by atoms with E-state index in [0.717, 1.165) is 0 Å². The van der Waals surface area contributed by atoms with Crippen LogP contribution in [0.2, 0.25) is 0 Å². The van der Waals surface area contributed by atoms with E-state index in [1.54, 1.807) is 24.3 Å². The third-order valence-corrected chi connectivity index (χ3v) is 2.10. The zero-order valence-electron chi connectivity index (χ0n) is 9.38. The van der Waals surface area contributed by atoms with Crippen LogP contribution in [0, 0.1) is 11.8 Å². The maximum Gasteiger partial charge on any atom is 0.277 e. The first-order valence-electron chi connectivity index (χ1n) is 5.21. The van der Waals surface area contributed by atoms with Gasteiger partial charge >= 0.3 is 0 Å². The molecule has 0 radical (unpaired) electrons. The molecule has 2 rings (SSSR count). The zero-order valence-corrected chi connectivity index (χ0v) is 9.38. The molecule has 0 aliphatic carbocycles. The van der Waals surface area contributed by atoms with Crippen molar-refractivity contribution in [2.75, 3.05) is 11.9 Å². The van der Waals surface area contributed by atoms with E-state index in [2.05, 4.69) is 26.8 Å². The number of amides is 1. The van der Waals surface area contributed by atoms with Crippen LogP contribution < -0.4 is 5.32 Å². The van der Waals surface area contributed by atoms with Crippen molar-refractivity contribution in [2.24, 2.45) is 0 Å². The summed E-state index contributed by atoms with van der Waals surface area (Å²) < 4.78 is 4.59. The summed E-state index contributed by atoms with van der Waals surface area (Å²) in [5.41, 5.74) is 1.52. The fourth-order valence-corrected chi connectivity index (χ4v) is 1.34. The van der Waals surface area contributed by atoms with Crippen molar-refractivity contribution in [2.45, 2.75) is 0 Å². The van der Waals surface area contributed by atoms with Crippen LogP contribution in [0.4, 0.5) is 5.69 Å². The molecule has 0 fully saturated rings. The average Bonchev–Trinajstić information content (AvgIpc) is 2.91. The summed E-state index contributed by atoms with van der Waals surface area (Å²) in [5.74, 6) is 4.94. The molecule has 1 aromatic heterocycles. The lowest BCUT2D eigenvalue weighted by Gasteiger charge is -2.02. The molecule has 2 N–H and O–H groups in total. The molecule has 5 nitrogen and oxygen atoms in total. The van der Waals surface area contributed by atoms with Gasteiger partial charge in [0, 0.05) is 17.3 Å². The van der Waals surface area contributed by atoms with Crippen molar-refractivity contribution in [3.05, 3.63) is 47.9 Å². The normalized spacial score (nSPS) is 9.39. The van der Waals surface area contributed by atoms with Gasteiger partial charge in [-0.25, -0.2) is 0 Å². The Morgan fingerprint density at radius 1 is 1.44 bits per heavy atom. The minimum absolute atomic E-state index is 0.199. The molecule has 1 amide bonds. The van der Waals surface area contributed by atoms with Gasteiger partial charge in [0.25, 0.3) is 5.91 Å². The summed E-state index contributed by atoms with van der Waals surface area (Å²) in [6.07, 6.45) is 1.33. The number of nitrogens with one attached hydrogen (secondary N) is 1. The quantitative estimate of drug-likeness (QED) is 0.778. The van der Waals surface area contributed by atoms with Crippen LogP contribution >= 0.6 is 0 Å². The number of aliphatic hydroxyl groups is 1.